The van der Waals surface area contributed by atoms with Crippen LogP contribution in [0.25, 0.3) is 0 Å². The average Bonchev–Trinajstić information content (AvgIpc) is 2.55. The van der Waals surface area contributed by atoms with Gasteiger partial charge in [0.2, 0.25) is 0 Å². The molecule has 0 bridgehead atoms. The second-order valence-electron chi connectivity index (χ2n) is 8.29. The summed E-state index contributed by atoms with van der Waals surface area (Å²) in [7, 11) is 0. The number of hydrogen-bond donors (Lipinski definition) is 0. The van der Waals surface area contributed by atoms with Crippen molar-refractivity contribution in [2.24, 2.45) is 23.2 Å². The van der Waals surface area contributed by atoms with Gasteiger partial charge in [-0.15, -0.1) is 0 Å². The minimum absolute atomic E-state index is 0.0445. The summed E-state index contributed by atoms with van der Waals surface area (Å²) in [4.78, 5) is 0. The summed E-state index contributed by atoms with van der Waals surface area (Å²) < 4.78 is 0. The third-order valence-corrected chi connectivity index (χ3v) is 6.58. The van der Waals surface area contributed by atoms with Crippen LogP contribution in [-0.2, 0) is 0 Å². The van der Waals surface area contributed by atoms with Crippen molar-refractivity contribution in [2.45, 2.75) is 104 Å². The van der Waals surface area contributed by atoms with Crippen molar-refractivity contribution in [1.29, 1.82) is 5.26 Å². The molecule has 0 spiro atoms. The van der Waals surface area contributed by atoms with Crippen LogP contribution in [0.2, 0.25) is 0 Å². The molecule has 4 atom stereocenters. The van der Waals surface area contributed by atoms with Crippen LogP contribution in [-0.4, -0.2) is 0 Å². The zero-order valence-electron chi connectivity index (χ0n) is 15.1. The summed E-state index contributed by atoms with van der Waals surface area (Å²) in [6, 6.07) is 2.72. The third kappa shape index (κ3) is 4.74. The molecule has 0 amide bonds. The SMILES string of the molecule is CCCCCCC[C@H]1CCC2C[C@](C#N)(CCC)CC[C@@H]2C1. The summed E-state index contributed by atoms with van der Waals surface area (Å²) in [6.45, 7) is 4.53. The van der Waals surface area contributed by atoms with E-state index in [9.17, 15) is 5.26 Å². The molecule has 0 aromatic heterocycles. The highest BCUT2D eigenvalue weighted by molar-refractivity contribution is 5.04. The van der Waals surface area contributed by atoms with E-state index in [-0.39, 0.29) is 5.41 Å². The second-order valence-corrected chi connectivity index (χ2v) is 8.29. The molecule has 2 aliphatic carbocycles. The van der Waals surface area contributed by atoms with Crippen LogP contribution in [0.5, 0.6) is 0 Å². The Bertz CT molecular complexity index is 355. The molecule has 0 N–H and O–H groups in total. The van der Waals surface area contributed by atoms with Gasteiger partial charge < -0.3 is 0 Å². The molecule has 2 fully saturated rings. The molecule has 0 aromatic rings. The standard InChI is InChI=1S/C21H37N/c1-3-5-6-7-8-9-18-10-11-20-16-21(17-22,13-4-2)14-12-19(20)15-18/h18-20H,3-16H2,1-2H3/t18-,19+,20?,21-/m0/s1. The molecule has 126 valence electrons. The molecule has 22 heavy (non-hydrogen) atoms. The minimum atomic E-state index is 0.0445. The summed E-state index contributed by atoms with van der Waals surface area (Å²) in [6.07, 6.45) is 19.0. The number of hydrogen-bond acceptors (Lipinski definition) is 1. The highest BCUT2D eigenvalue weighted by atomic mass is 14.5. The highest BCUT2D eigenvalue weighted by Crippen LogP contribution is 2.51. The second kappa shape index (κ2) is 8.95. The van der Waals surface area contributed by atoms with E-state index in [1.165, 1.54) is 83.5 Å². The van der Waals surface area contributed by atoms with Crippen LogP contribution < -0.4 is 0 Å². The fourth-order valence-electron chi connectivity index (χ4n) is 5.27. The van der Waals surface area contributed by atoms with Gasteiger partial charge in [-0.25, -0.2) is 0 Å². The predicted octanol–water partition coefficient (Wildman–Crippen LogP) is 6.87. The molecular formula is C21H37N. The van der Waals surface area contributed by atoms with Crippen molar-refractivity contribution in [3.05, 3.63) is 0 Å². The molecule has 1 nitrogen and oxygen atoms in total. The van der Waals surface area contributed by atoms with E-state index in [0.717, 1.165) is 24.2 Å². The van der Waals surface area contributed by atoms with Gasteiger partial charge >= 0.3 is 0 Å². The number of nitriles is 1. The lowest BCUT2D eigenvalue weighted by atomic mass is 9.58. The summed E-state index contributed by atoms with van der Waals surface area (Å²) in [5.41, 5.74) is 0.0445. The molecule has 0 aromatic carbocycles. The fourth-order valence-corrected chi connectivity index (χ4v) is 5.27. The van der Waals surface area contributed by atoms with Gasteiger partial charge in [-0.1, -0.05) is 65.2 Å². The van der Waals surface area contributed by atoms with Crippen LogP contribution in [0.1, 0.15) is 104 Å². The zero-order chi connectivity index (χ0) is 15.8. The Morgan fingerprint density at radius 1 is 0.955 bits per heavy atom. The largest absolute Gasteiger partial charge is 0.198 e. The lowest BCUT2D eigenvalue weighted by molar-refractivity contribution is 0.0624. The number of fused-ring (bicyclic) bond motifs is 1. The first kappa shape index (κ1) is 17.8. The Hall–Kier alpha value is -0.510. The lowest BCUT2D eigenvalue weighted by Crippen LogP contribution is -2.36. The van der Waals surface area contributed by atoms with Crippen LogP contribution in [0.3, 0.4) is 0 Å². The van der Waals surface area contributed by atoms with Gasteiger partial charge in [0, 0.05) is 0 Å². The molecule has 1 unspecified atom stereocenters. The summed E-state index contributed by atoms with van der Waals surface area (Å²) in [5.74, 6) is 2.83. The first-order valence-corrected chi connectivity index (χ1v) is 10.1. The Morgan fingerprint density at radius 3 is 2.50 bits per heavy atom. The first-order chi connectivity index (χ1) is 10.7. The summed E-state index contributed by atoms with van der Waals surface area (Å²) in [5, 5.41) is 9.65. The monoisotopic (exact) mass is 303 g/mol. The van der Waals surface area contributed by atoms with Gasteiger partial charge in [-0.05, 0) is 56.3 Å². The van der Waals surface area contributed by atoms with Gasteiger partial charge in [-0.2, -0.15) is 5.26 Å². The van der Waals surface area contributed by atoms with Crippen molar-refractivity contribution in [2.75, 3.05) is 0 Å². The highest BCUT2D eigenvalue weighted by Gasteiger charge is 2.42. The van der Waals surface area contributed by atoms with Gasteiger partial charge in [0.1, 0.15) is 0 Å². The third-order valence-electron chi connectivity index (χ3n) is 6.58. The average molecular weight is 304 g/mol. The quantitative estimate of drug-likeness (QED) is 0.449. The number of unbranched alkanes of at least 4 members (excludes halogenated alkanes) is 4. The maximum atomic E-state index is 9.65. The normalized spacial score (nSPS) is 34.9. The van der Waals surface area contributed by atoms with E-state index in [4.69, 9.17) is 0 Å². The molecule has 1 heteroatoms. The Balaban J connectivity index is 1.74. The van der Waals surface area contributed by atoms with Crippen LogP contribution >= 0.6 is 0 Å². The van der Waals surface area contributed by atoms with E-state index in [1.54, 1.807) is 0 Å². The van der Waals surface area contributed by atoms with Crippen LogP contribution in [0, 0.1) is 34.5 Å². The molecule has 0 radical (unpaired) electrons. The molecule has 0 aliphatic heterocycles. The van der Waals surface area contributed by atoms with E-state index in [0.29, 0.717) is 0 Å². The number of nitrogens with zero attached hydrogens (tertiary/aromatic N) is 1. The molecule has 2 saturated carbocycles. The maximum absolute atomic E-state index is 9.65. The fraction of sp³-hybridized carbons (Fsp3) is 0.952. The van der Waals surface area contributed by atoms with E-state index < -0.39 is 0 Å². The maximum Gasteiger partial charge on any atom is 0.0689 e. The van der Waals surface area contributed by atoms with E-state index in [2.05, 4.69) is 19.9 Å². The minimum Gasteiger partial charge on any atom is -0.198 e. The Kier molecular flexibility index (Phi) is 7.26. The molecule has 2 aliphatic rings. The van der Waals surface area contributed by atoms with E-state index >= 15 is 0 Å². The van der Waals surface area contributed by atoms with Gasteiger partial charge in [0.25, 0.3) is 0 Å². The van der Waals surface area contributed by atoms with Crippen molar-refractivity contribution < 1.29 is 0 Å². The van der Waals surface area contributed by atoms with Crippen molar-refractivity contribution in [3.63, 3.8) is 0 Å². The smallest absolute Gasteiger partial charge is 0.0689 e. The topological polar surface area (TPSA) is 23.8 Å². The lowest BCUT2D eigenvalue weighted by Gasteiger charge is -2.45. The predicted molar refractivity (Wildman–Crippen MR) is 94.5 cm³/mol. The van der Waals surface area contributed by atoms with E-state index in [1.807, 2.05) is 0 Å². The molecule has 0 saturated heterocycles. The summed E-state index contributed by atoms with van der Waals surface area (Å²) >= 11 is 0. The number of rotatable bonds is 8. The van der Waals surface area contributed by atoms with Crippen molar-refractivity contribution in [3.8, 4) is 6.07 Å². The van der Waals surface area contributed by atoms with Crippen LogP contribution in [0.4, 0.5) is 0 Å². The Labute approximate surface area is 138 Å². The first-order valence-electron chi connectivity index (χ1n) is 10.1. The molecule has 2 rings (SSSR count). The van der Waals surface area contributed by atoms with Gasteiger partial charge in [0.05, 0.1) is 11.5 Å². The zero-order valence-corrected chi connectivity index (χ0v) is 15.1. The van der Waals surface area contributed by atoms with Gasteiger partial charge in [-0.3, -0.25) is 0 Å². The molecule has 0 heterocycles. The van der Waals surface area contributed by atoms with Crippen molar-refractivity contribution >= 4 is 0 Å². The molecular weight excluding hydrogens is 266 g/mol. The van der Waals surface area contributed by atoms with Crippen molar-refractivity contribution in [1.82, 2.24) is 0 Å². The van der Waals surface area contributed by atoms with Gasteiger partial charge in [0.15, 0.2) is 0 Å². The van der Waals surface area contributed by atoms with Crippen LogP contribution in [0.15, 0.2) is 0 Å². The Morgan fingerprint density at radius 2 is 1.77 bits per heavy atom.